The van der Waals surface area contributed by atoms with Crippen LogP contribution < -0.4 is 10.1 Å². The normalized spacial score (nSPS) is 13.6. The topological polar surface area (TPSA) is 58.6 Å². The number of imide groups is 1. The summed E-state index contributed by atoms with van der Waals surface area (Å²) in [4.78, 5) is 27.7. The fraction of sp³-hybridized carbons (Fsp3) is 0.154. The van der Waals surface area contributed by atoms with Crippen LogP contribution in [0.1, 0.15) is 18.1 Å². The average molecular weight is 448 g/mol. The fourth-order valence-corrected chi connectivity index (χ4v) is 3.65. The number of carbonyl (C=O) groups excluding carboxylic acids is 2. The first-order valence-corrected chi connectivity index (χ1v) is 10.6. The molecule has 7 heteroatoms. The maximum atomic E-state index is 13.7. The van der Waals surface area contributed by atoms with Crippen molar-refractivity contribution in [3.05, 3.63) is 101 Å². The number of hydrogen-bond donors (Lipinski definition) is 1. The Kier molecular flexibility index (Phi) is 6.49. The zero-order valence-corrected chi connectivity index (χ0v) is 18.0. The van der Waals surface area contributed by atoms with Gasteiger partial charge in [-0.3, -0.25) is 14.5 Å². The van der Waals surface area contributed by atoms with Gasteiger partial charge in [-0.15, -0.1) is 0 Å². The Morgan fingerprint density at radius 1 is 0.879 bits per heavy atom. The van der Waals surface area contributed by atoms with E-state index in [1.165, 1.54) is 11.0 Å². The summed E-state index contributed by atoms with van der Waals surface area (Å²) in [5, 5.41) is 2.84. The fourth-order valence-electron chi connectivity index (χ4n) is 3.65. The number of ether oxygens (including phenoxy) is 1. The molecule has 3 aromatic carbocycles. The summed E-state index contributed by atoms with van der Waals surface area (Å²) in [7, 11) is 0. The summed E-state index contributed by atoms with van der Waals surface area (Å²) < 4.78 is 32.6. The first kappa shape index (κ1) is 22.2. The second-order valence-electron chi connectivity index (χ2n) is 7.46. The van der Waals surface area contributed by atoms with Gasteiger partial charge >= 0.3 is 0 Å². The SMILES string of the molecule is CCOc1ccc(C2=C(Nc3ccc(F)c(F)c3)C(=O)N(CCc3ccccc3)C2=O)cc1. The minimum Gasteiger partial charge on any atom is -0.494 e. The lowest BCUT2D eigenvalue weighted by Gasteiger charge is -2.15. The van der Waals surface area contributed by atoms with Crippen molar-refractivity contribution < 1.29 is 23.1 Å². The van der Waals surface area contributed by atoms with Crippen LogP contribution in [0.4, 0.5) is 14.5 Å². The minimum absolute atomic E-state index is 0.0169. The molecule has 1 aliphatic rings. The number of anilines is 1. The molecule has 0 spiro atoms. The van der Waals surface area contributed by atoms with E-state index in [2.05, 4.69) is 5.32 Å². The van der Waals surface area contributed by atoms with Gasteiger partial charge in [0.15, 0.2) is 11.6 Å². The molecule has 0 aromatic heterocycles. The van der Waals surface area contributed by atoms with Crippen molar-refractivity contribution in [1.82, 2.24) is 4.90 Å². The first-order valence-electron chi connectivity index (χ1n) is 10.6. The van der Waals surface area contributed by atoms with Crippen LogP contribution in [0.25, 0.3) is 5.57 Å². The molecule has 4 rings (SSSR count). The molecule has 33 heavy (non-hydrogen) atoms. The molecular formula is C26H22F2N2O3. The molecule has 0 unspecified atom stereocenters. The molecule has 1 aliphatic heterocycles. The van der Waals surface area contributed by atoms with Gasteiger partial charge < -0.3 is 10.1 Å². The molecule has 0 radical (unpaired) electrons. The van der Waals surface area contributed by atoms with Gasteiger partial charge in [0.2, 0.25) is 0 Å². The summed E-state index contributed by atoms with van der Waals surface area (Å²) in [5.74, 6) is -2.40. The predicted molar refractivity (Wildman–Crippen MR) is 121 cm³/mol. The highest BCUT2D eigenvalue weighted by atomic mass is 19.2. The summed E-state index contributed by atoms with van der Waals surface area (Å²) in [5.41, 5.74) is 1.86. The second-order valence-corrected chi connectivity index (χ2v) is 7.46. The van der Waals surface area contributed by atoms with Crippen LogP contribution in [-0.4, -0.2) is 29.9 Å². The number of rotatable bonds is 8. The van der Waals surface area contributed by atoms with Crippen molar-refractivity contribution in [3.8, 4) is 5.75 Å². The second kappa shape index (κ2) is 9.65. The Balaban J connectivity index is 1.67. The van der Waals surface area contributed by atoms with Crippen LogP contribution in [0.3, 0.4) is 0 Å². The molecule has 168 valence electrons. The number of nitrogens with zero attached hydrogens (tertiary/aromatic N) is 1. The van der Waals surface area contributed by atoms with Crippen LogP contribution in [0, 0.1) is 11.6 Å². The largest absolute Gasteiger partial charge is 0.494 e. The Morgan fingerprint density at radius 2 is 1.61 bits per heavy atom. The molecule has 0 fully saturated rings. The van der Waals surface area contributed by atoms with E-state index in [0.717, 1.165) is 17.7 Å². The molecule has 0 aliphatic carbocycles. The number of hydrogen-bond acceptors (Lipinski definition) is 4. The van der Waals surface area contributed by atoms with Crippen molar-refractivity contribution >= 4 is 23.1 Å². The monoisotopic (exact) mass is 448 g/mol. The summed E-state index contributed by atoms with van der Waals surface area (Å²) in [6, 6.07) is 19.6. The van der Waals surface area contributed by atoms with E-state index >= 15 is 0 Å². The Labute approximate surface area is 190 Å². The lowest BCUT2D eigenvalue weighted by atomic mass is 10.0. The standard InChI is InChI=1S/C26H22F2N2O3/c1-2-33-20-11-8-18(9-12-20)23-24(29-19-10-13-21(27)22(28)16-19)26(32)30(25(23)31)15-14-17-6-4-3-5-7-17/h3-13,16,29H,2,14-15H2,1H3. The Hall–Kier alpha value is -4.00. The lowest BCUT2D eigenvalue weighted by molar-refractivity contribution is -0.136. The average Bonchev–Trinajstić information content (AvgIpc) is 3.05. The highest BCUT2D eigenvalue weighted by molar-refractivity contribution is 6.36. The predicted octanol–water partition coefficient (Wildman–Crippen LogP) is 4.80. The summed E-state index contributed by atoms with van der Waals surface area (Å²) in [6.07, 6.45) is 0.493. The molecule has 0 bridgehead atoms. The van der Waals surface area contributed by atoms with E-state index in [4.69, 9.17) is 4.74 Å². The van der Waals surface area contributed by atoms with E-state index in [1.807, 2.05) is 37.3 Å². The number of amides is 2. The van der Waals surface area contributed by atoms with E-state index in [0.29, 0.717) is 24.3 Å². The highest BCUT2D eigenvalue weighted by Crippen LogP contribution is 2.32. The van der Waals surface area contributed by atoms with E-state index in [9.17, 15) is 18.4 Å². The third-order valence-corrected chi connectivity index (χ3v) is 5.28. The van der Waals surface area contributed by atoms with Crippen LogP contribution in [0.15, 0.2) is 78.5 Å². The molecule has 1 heterocycles. The molecule has 5 nitrogen and oxygen atoms in total. The van der Waals surface area contributed by atoms with Crippen LogP contribution >= 0.6 is 0 Å². The van der Waals surface area contributed by atoms with E-state index < -0.39 is 23.4 Å². The van der Waals surface area contributed by atoms with Crippen molar-refractivity contribution in [2.45, 2.75) is 13.3 Å². The smallest absolute Gasteiger partial charge is 0.278 e. The Morgan fingerprint density at radius 3 is 2.27 bits per heavy atom. The van der Waals surface area contributed by atoms with Crippen LogP contribution in [0.2, 0.25) is 0 Å². The highest BCUT2D eigenvalue weighted by Gasteiger charge is 2.39. The maximum Gasteiger partial charge on any atom is 0.278 e. The molecule has 0 saturated carbocycles. The van der Waals surface area contributed by atoms with E-state index in [-0.39, 0.29) is 23.5 Å². The van der Waals surface area contributed by atoms with Gasteiger partial charge in [-0.1, -0.05) is 42.5 Å². The third kappa shape index (κ3) is 4.77. The maximum absolute atomic E-state index is 13.7. The van der Waals surface area contributed by atoms with E-state index in [1.54, 1.807) is 24.3 Å². The van der Waals surface area contributed by atoms with Gasteiger partial charge in [-0.05, 0) is 48.7 Å². The van der Waals surface area contributed by atoms with Crippen LogP contribution in [0.5, 0.6) is 5.75 Å². The molecule has 0 atom stereocenters. The number of carbonyl (C=O) groups is 2. The van der Waals surface area contributed by atoms with Gasteiger partial charge in [0.05, 0.1) is 12.2 Å². The quantitative estimate of drug-likeness (QED) is 0.503. The molecule has 1 N–H and O–H groups in total. The molecule has 2 amide bonds. The van der Waals surface area contributed by atoms with Gasteiger partial charge in [0.1, 0.15) is 11.4 Å². The molecule has 0 saturated heterocycles. The van der Waals surface area contributed by atoms with Crippen molar-refractivity contribution in [3.63, 3.8) is 0 Å². The van der Waals surface area contributed by atoms with Gasteiger partial charge in [-0.2, -0.15) is 0 Å². The zero-order chi connectivity index (χ0) is 23.4. The van der Waals surface area contributed by atoms with Crippen molar-refractivity contribution in [2.75, 3.05) is 18.5 Å². The van der Waals surface area contributed by atoms with Crippen LogP contribution in [-0.2, 0) is 16.0 Å². The third-order valence-electron chi connectivity index (χ3n) is 5.28. The van der Waals surface area contributed by atoms with Crippen molar-refractivity contribution in [1.29, 1.82) is 0 Å². The number of nitrogens with one attached hydrogen (secondary N) is 1. The first-order chi connectivity index (χ1) is 16.0. The number of benzene rings is 3. The molecular weight excluding hydrogens is 426 g/mol. The Bertz CT molecular complexity index is 1210. The zero-order valence-electron chi connectivity index (χ0n) is 18.0. The number of halogens is 2. The molecule has 3 aromatic rings. The van der Waals surface area contributed by atoms with Gasteiger partial charge in [0.25, 0.3) is 11.8 Å². The summed E-state index contributed by atoms with van der Waals surface area (Å²) >= 11 is 0. The minimum atomic E-state index is -1.05. The van der Waals surface area contributed by atoms with Gasteiger partial charge in [0, 0.05) is 18.3 Å². The summed E-state index contributed by atoms with van der Waals surface area (Å²) in [6.45, 7) is 2.55. The van der Waals surface area contributed by atoms with Gasteiger partial charge in [-0.25, -0.2) is 8.78 Å². The van der Waals surface area contributed by atoms with Crippen molar-refractivity contribution in [2.24, 2.45) is 0 Å². The lowest BCUT2D eigenvalue weighted by Crippen LogP contribution is -2.34.